The van der Waals surface area contributed by atoms with Gasteiger partial charge in [0, 0.05) is 12.1 Å². The van der Waals surface area contributed by atoms with Crippen molar-refractivity contribution in [2.75, 3.05) is 0 Å². The SMILES string of the molecule is NC1CCC(NC(=O)O)C1. The van der Waals surface area contributed by atoms with Gasteiger partial charge in [0.2, 0.25) is 0 Å². The van der Waals surface area contributed by atoms with Crippen LogP contribution in [0.15, 0.2) is 0 Å². The minimum Gasteiger partial charge on any atom is -0.465 e. The highest BCUT2D eigenvalue weighted by atomic mass is 16.4. The van der Waals surface area contributed by atoms with Gasteiger partial charge >= 0.3 is 6.09 Å². The lowest BCUT2D eigenvalue weighted by atomic mass is 10.2. The van der Waals surface area contributed by atoms with Crippen molar-refractivity contribution in [1.29, 1.82) is 0 Å². The van der Waals surface area contributed by atoms with E-state index in [0.29, 0.717) is 0 Å². The summed E-state index contributed by atoms with van der Waals surface area (Å²) in [6, 6.07) is 0.282. The first-order valence-corrected chi connectivity index (χ1v) is 3.43. The van der Waals surface area contributed by atoms with Crippen molar-refractivity contribution in [2.24, 2.45) is 5.73 Å². The van der Waals surface area contributed by atoms with E-state index in [-0.39, 0.29) is 12.1 Å². The van der Waals surface area contributed by atoms with Crippen molar-refractivity contribution in [2.45, 2.75) is 31.3 Å². The van der Waals surface area contributed by atoms with Gasteiger partial charge < -0.3 is 16.2 Å². The van der Waals surface area contributed by atoms with E-state index < -0.39 is 6.09 Å². The van der Waals surface area contributed by atoms with Crippen LogP contribution >= 0.6 is 0 Å². The zero-order chi connectivity index (χ0) is 7.56. The third-order valence-electron chi connectivity index (χ3n) is 1.80. The largest absolute Gasteiger partial charge is 0.465 e. The molecule has 1 rings (SSSR count). The van der Waals surface area contributed by atoms with Gasteiger partial charge in [-0.3, -0.25) is 0 Å². The van der Waals surface area contributed by atoms with Gasteiger partial charge in [0.1, 0.15) is 0 Å². The Labute approximate surface area is 59.4 Å². The normalized spacial score (nSPS) is 32.1. The van der Waals surface area contributed by atoms with Crippen molar-refractivity contribution >= 4 is 6.09 Å². The lowest BCUT2D eigenvalue weighted by Gasteiger charge is -2.07. The average molecular weight is 144 g/mol. The van der Waals surface area contributed by atoms with Crippen LogP contribution in [0.5, 0.6) is 0 Å². The maximum Gasteiger partial charge on any atom is 0.404 e. The predicted molar refractivity (Wildman–Crippen MR) is 36.8 cm³/mol. The molecular formula is C6H12N2O2. The first-order valence-electron chi connectivity index (χ1n) is 3.43. The highest BCUT2D eigenvalue weighted by Gasteiger charge is 2.22. The van der Waals surface area contributed by atoms with Gasteiger partial charge in [-0.15, -0.1) is 0 Å². The number of rotatable bonds is 1. The quantitative estimate of drug-likeness (QED) is 0.489. The monoisotopic (exact) mass is 144 g/mol. The first-order chi connectivity index (χ1) is 4.68. The number of hydrogen-bond acceptors (Lipinski definition) is 2. The van der Waals surface area contributed by atoms with E-state index in [1.807, 2.05) is 0 Å². The molecule has 1 amide bonds. The summed E-state index contributed by atoms with van der Waals surface area (Å²) in [5, 5.41) is 10.7. The molecule has 4 nitrogen and oxygen atoms in total. The highest BCUT2D eigenvalue weighted by Crippen LogP contribution is 2.16. The molecule has 0 aromatic heterocycles. The van der Waals surface area contributed by atoms with Crippen LogP contribution in [0.4, 0.5) is 4.79 Å². The molecule has 1 aliphatic rings. The van der Waals surface area contributed by atoms with Gasteiger partial charge in [0.05, 0.1) is 0 Å². The van der Waals surface area contributed by atoms with Crippen LogP contribution in [0.3, 0.4) is 0 Å². The molecule has 0 aromatic rings. The Kier molecular flexibility index (Phi) is 2.11. The molecule has 0 heterocycles. The van der Waals surface area contributed by atoms with E-state index in [1.165, 1.54) is 0 Å². The second kappa shape index (κ2) is 2.88. The van der Waals surface area contributed by atoms with Crippen molar-refractivity contribution < 1.29 is 9.90 Å². The number of carboxylic acid groups (broad SMARTS) is 1. The summed E-state index contributed by atoms with van der Waals surface area (Å²) in [6.45, 7) is 0. The third kappa shape index (κ3) is 1.88. The first kappa shape index (κ1) is 7.34. The van der Waals surface area contributed by atoms with Gasteiger partial charge in [-0.05, 0) is 19.3 Å². The molecule has 10 heavy (non-hydrogen) atoms. The Morgan fingerprint density at radius 1 is 1.60 bits per heavy atom. The number of hydrogen-bond donors (Lipinski definition) is 3. The molecule has 0 aromatic carbocycles. The van der Waals surface area contributed by atoms with Crippen LogP contribution in [0.25, 0.3) is 0 Å². The predicted octanol–water partition coefficient (Wildman–Crippen LogP) is 0.134. The summed E-state index contributed by atoms with van der Waals surface area (Å²) in [6.07, 6.45) is 1.66. The molecule has 1 saturated carbocycles. The average Bonchev–Trinajstić information content (AvgIpc) is 2.13. The second-order valence-corrected chi connectivity index (χ2v) is 2.72. The van der Waals surface area contributed by atoms with E-state index >= 15 is 0 Å². The number of nitrogens with two attached hydrogens (primary N) is 1. The lowest BCUT2D eigenvalue weighted by molar-refractivity contribution is 0.190. The molecule has 4 heteroatoms. The highest BCUT2D eigenvalue weighted by molar-refractivity contribution is 5.64. The van der Waals surface area contributed by atoms with Gasteiger partial charge in [-0.1, -0.05) is 0 Å². The molecule has 0 radical (unpaired) electrons. The summed E-state index contributed by atoms with van der Waals surface area (Å²) in [4.78, 5) is 10.1. The summed E-state index contributed by atoms with van der Waals surface area (Å²) in [7, 11) is 0. The summed E-state index contributed by atoms with van der Waals surface area (Å²) in [5.41, 5.74) is 5.57. The second-order valence-electron chi connectivity index (χ2n) is 2.72. The van der Waals surface area contributed by atoms with Gasteiger partial charge in [0.25, 0.3) is 0 Å². The lowest BCUT2D eigenvalue weighted by Crippen LogP contribution is -2.32. The summed E-state index contributed by atoms with van der Waals surface area (Å²) in [5.74, 6) is 0. The van der Waals surface area contributed by atoms with Crippen molar-refractivity contribution in [3.63, 3.8) is 0 Å². The van der Waals surface area contributed by atoms with Crippen LogP contribution in [-0.4, -0.2) is 23.3 Å². The third-order valence-corrected chi connectivity index (χ3v) is 1.80. The van der Waals surface area contributed by atoms with Crippen LogP contribution in [-0.2, 0) is 0 Å². The number of amides is 1. The van der Waals surface area contributed by atoms with Crippen molar-refractivity contribution in [1.82, 2.24) is 5.32 Å². The van der Waals surface area contributed by atoms with Crippen molar-refractivity contribution in [3.8, 4) is 0 Å². The van der Waals surface area contributed by atoms with Gasteiger partial charge in [-0.2, -0.15) is 0 Å². The Morgan fingerprint density at radius 3 is 2.70 bits per heavy atom. The Balaban J connectivity index is 2.24. The van der Waals surface area contributed by atoms with Crippen LogP contribution in [0.2, 0.25) is 0 Å². The van der Waals surface area contributed by atoms with E-state index in [1.54, 1.807) is 0 Å². The maximum atomic E-state index is 10.1. The molecule has 2 atom stereocenters. The molecule has 0 saturated heterocycles. The topological polar surface area (TPSA) is 75.3 Å². The Hall–Kier alpha value is -0.770. The zero-order valence-electron chi connectivity index (χ0n) is 5.71. The number of nitrogens with one attached hydrogen (secondary N) is 1. The van der Waals surface area contributed by atoms with Crippen LogP contribution < -0.4 is 11.1 Å². The van der Waals surface area contributed by atoms with Crippen LogP contribution in [0, 0.1) is 0 Å². The van der Waals surface area contributed by atoms with E-state index in [2.05, 4.69) is 5.32 Å². The molecule has 0 bridgehead atoms. The number of carbonyl (C=O) groups is 1. The summed E-state index contributed by atoms with van der Waals surface area (Å²) >= 11 is 0. The Morgan fingerprint density at radius 2 is 2.30 bits per heavy atom. The van der Waals surface area contributed by atoms with E-state index in [4.69, 9.17) is 10.8 Å². The molecule has 1 fully saturated rings. The minimum absolute atomic E-state index is 0.0903. The van der Waals surface area contributed by atoms with Gasteiger partial charge in [0.15, 0.2) is 0 Å². The maximum absolute atomic E-state index is 10.1. The molecule has 0 aliphatic heterocycles. The fourth-order valence-electron chi connectivity index (χ4n) is 1.32. The molecule has 0 spiro atoms. The molecular weight excluding hydrogens is 132 g/mol. The smallest absolute Gasteiger partial charge is 0.404 e. The molecule has 58 valence electrons. The van der Waals surface area contributed by atoms with Crippen LogP contribution in [0.1, 0.15) is 19.3 Å². The van der Waals surface area contributed by atoms with E-state index in [0.717, 1.165) is 19.3 Å². The fraction of sp³-hybridized carbons (Fsp3) is 0.833. The van der Waals surface area contributed by atoms with Gasteiger partial charge in [-0.25, -0.2) is 4.79 Å². The molecule has 1 aliphatic carbocycles. The van der Waals surface area contributed by atoms with E-state index in [9.17, 15) is 4.79 Å². The summed E-state index contributed by atoms with van der Waals surface area (Å²) < 4.78 is 0. The Bertz CT molecular complexity index is 138. The fourth-order valence-corrected chi connectivity index (χ4v) is 1.32. The zero-order valence-corrected chi connectivity index (χ0v) is 5.71. The molecule has 2 unspecified atom stereocenters. The standard InChI is InChI=1S/C6H12N2O2/c7-4-1-2-5(3-4)8-6(9)10/h4-5,8H,1-3,7H2,(H,9,10). The molecule has 4 N–H and O–H groups in total. The minimum atomic E-state index is -0.945. The van der Waals surface area contributed by atoms with Crippen molar-refractivity contribution in [3.05, 3.63) is 0 Å².